The Morgan fingerprint density at radius 3 is 2.69 bits per heavy atom. The third-order valence-electron chi connectivity index (χ3n) is 5.20. The fraction of sp³-hybridized carbons (Fsp3) is 0.619. The van der Waals surface area contributed by atoms with Crippen molar-refractivity contribution in [3.63, 3.8) is 0 Å². The topological polar surface area (TPSA) is 80.3 Å². The number of rotatable bonds is 9. The minimum atomic E-state index is -0.415. The van der Waals surface area contributed by atoms with Gasteiger partial charge in [-0.25, -0.2) is 4.79 Å². The molecule has 8 heteroatoms. The quantitative estimate of drug-likeness (QED) is 0.630. The molecule has 8 nitrogen and oxygen atoms in total. The van der Waals surface area contributed by atoms with Crippen LogP contribution in [-0.2, 0) is 16.0 Å². The first-order valence-electron chi connectivity index (χ1n) is 10.1. The molecule has 1 N–H and O–H groups in total. The highest BCUT2D eigenvalue weighted by molar-refractivity contribution is 5.80. The van der Waals surface area contributed by atoms with Crippen molar-refractivity contribution in [2.24, 2.45) is 0 Å². The zero-order valence-electron chi connectivity index (χ0n) is 17.9. The second-order valence-corrected chi connectivity index (χ2v) is 7.13. The van der Waals surface area contributed by atoms with Crippen molar-refractivity contribution in [2.75, 3.05) is 54.1 Å². The number of ether oxygens (including phenoxy) is 3. The largest absolute Gasteiger partial charge is 0.493 e. The van der Waals surface area contributed by atoms with E-state index in [9.17, 15) is 9.59 Å². The summed E-state index contributed by atoms with van der Waals surface area (Å²) in [6, 6.07) is 6.05. The zero-order chi connectivity index (χ0) is 21.2. The minimum Gasteiger partial charge on any atom is -0.493 e. The van der Waals surface area contributed by atoms with Crippen LogP contribution in [0.5, 0.6) is 11.5 Å². The lowest BCUT2D eigenvalue weighted by atomic mass is 10.0. The van der Waals surface area contributed by atoms with Crippen molar-refractivity contribution in [2.45, 2.75) is 32.2 Å². The first-order chi connectivity index (χ1) is 14.0. The molecule has 1 aromatic carbocycles. The predicted molar refractivity (Wildman–Crippen MR) is 111 cm³/mol. The van der Waals surface area contributed by atoms with Crippen LogP contribution in [0.4, 0.5) is 4.79 Å². The predicted octanol–water partition coefficient (Wildman–Crippen LogP) is 1.92. The molecule has 0 spiro atoms. The van der Waals surface area contributed by atoms with Crippen LogP contribution in [0.2, 0.25) is 0 Å². The van der Waals surface area contributed by atoms with E-state index in [-0.39, 0.29) is 18.6 Å². The van der Waals surface area contributed by atoms with E-state index in [4.69, 9.17) is 14.2 Å². The number of benzene rings is 1. The molecule has 0 radical (unpaired) electrons. The van der Waals surface area contributed by atoms with Gasteiger partial charge in [-0.2, -0.15) is 0 Å². The molecule has 1 aliphatic heterocycles. The Balaban J connectivity index is 1.83. The smallest absolute Gasteiger partial charge is 0.325 e. The number of hydrogen-bond donors (Lipinski definition) is 1. The van der Waals surface area contributed by atoms with Crippen LogP contribution in [-0.4, -0.2) is 81.9 Å². The molecule has 162 valence electrons. The highest BCUT2D eigenvalue weighted by Gasteiger charge is 2.26. The summed E-state index contributed by atoms with van der Waals surface area (Å²) in [5.41, 5.74) is 1.18. The Morgan fingerprint density at radius 2 is 2.00 bits per heavy atom. The maximum absolute atomic E-state index is 12.3. The van der Waals surface area contributed by atoms with Crippen molar-refractivity contribution >= 4 is 12.0 Å². The van der Waals surface area contributed by atoms with E-state index in [0.29, 0.717) is 19.7 Å². The molecule has 1 saturated heterocycles. The van der Waals surface area contributed by atoms with Gasteiger partial charge in [0.15, 0.2) is 11.5 Å². The van der Waals surface area contributed by atoms with Gasteiger partial charge in [-0.3, -0.25) is 4.79 Å². The molecule has 1 heterocycles. The maximum Gasteiger partial charge on any atom is 0.325 e. The van der Waals surface area contributed by atoms with Crippen LogP contribution < -0.4 is 14.8 Å². The van der Waals surface area contributed by atoms with Crippen molar-refractivity contribution in [1.82, 2.24) is 15.1 Å². The third-order valence-corrected chi connectivity index (χ3v) is 5.20. The number of likely N-dealkylation sites (tertiary alicyclic amines) is 1. The molecule has 29 heavy (non-hydrogen) atoms. The third kappa shape index (κ3) is 6.81. The number of nitrogens with zero attached hydrogens (tertiary/aromatic N) is 2. The van der Waals surface area contributed by atoms with Gasteiger partial charge in [-0.05, 0) is 50.9 Å². The standard InChI is InChI=1S/C21H33N3O5/c1-5-29-20(25)14-22-21(26)24-11-6-7-17(15-24)23(2)12-10-16-8-9-18(27-3)19(13-16)28-4/h8-9,13,17H,5-7,10-12,14-15H2,1-4H3,(H,22,26). The molecule has 0 aliphatic carbocycles. The number of carbonyl (C=O) groups is 2. The molecule has 1 atom stereocenters. The summed E-state index contributed by atoms with van der Waals surface area (Å²) in [6.07, 6.45) is 2.87. The van der Waals surface area contributed by atoms with Gasteiger partial charge < -0.3 is 29.3 Å². The van der Waals surface area contributed by atoms with Gasteiger partial charge in [-0.1, -0.05) is 6.07 Å². The molecule has 1 fully saturated rings. The van der Waals surface area contributed by atoms with Gasteiger partial charge >= 0.3 is 12.0 Å². The fourth-order valence-electron chi connectivity index (χ4n) is 3.49. The summed E-state index contributed by atoms with van der Waals surface area (Å²) < 4.78 is 15.5. The number of hydrogen-bond acceptors (Lipinski definition) is 6. The lowest BCUT2D eigenvalue weighted by Gasteiger charge is -2.37. The monoisotopic (exact) mass is 407 g/mol. The molecular weight excluding hydrogens is 374 g/mol. The van der Waals surface area contributed by atoms with E-state index in [1.807, 2.05) is 18.2 Å². The van der Waals surface area contributed by atoms with Crippen molar-refractivity contribution in [3.8, 4) is 11.5 Å². The van der Waals surface area contributed by atoms with E-state index in [1.54, 1.807) is 26.0 Å². The number of piperidine rings is 1. The minimum absolute atomic E-state index is 0.0943. The Labute approximate surface area is 173 Å². The van der Waals surface area contributed by atoms with Crippen LogP contribution in [0.3, 0.4) is 0 Å². The Morgan fingerprint density at radius 1 is 1.24 bits per heavy atom. The van der Waals surface area contributed by atoms with Gasteiger partial charge in [0, 0.05) is 25.7 Å². The van der Waals surface area contributed by atoms with Gasteiger partial charge in [0.2, 0.25) is 0 Å². The molecular formula is C21H33N3O5. The lowest BCUT2D eigenvalue weighted by molar-refractivity contribution is -0.141. The van der Waals surface area contributed by atoms with Crippen molar-refractivity contribution in [1.29, 1.82) is 0 Å². The van der Waals surface area contributed by atoms with E-state index in [1.165, 1.54) is 5.56 Å². The molecule has 1 aliphatic rings. The average Bonchev–Trinajstić information content (AvgIpc) is 2.75. The number of amides is 2. The lowest BCUT2D eigenvalue weighted by Crippen LogP contribution is -2.52. The van der Waals surface area contributed by atoms with Crippen LogP contribution in [0.15, 0.2) is 18.2 Å². The summed E-state index contributed by atoms with van der Waals surface area (Å²) in [7, 11) is 5.35. The SMILES string of the molecule is CCOC(=O)CNC(=O)N1CCCC(N(C)CCc2ccc(OC)c(OC)c2)C1. The van der Waals surface area contributed by atoms with Crippen LogP contribution in [0.25, 0.3) is 0 Å². The second kappa shape index (κ2) is 11.5. The summed E-state index contributed by atoms with van der Waals surface area (Å²) in [5, 5.41) is 2.65. The molecule has 0 saturated carbocycles. The van der Waals surface area contributed by atoms with Gasteiger partial charge in [0.05, 0.1) is 20.8 Å². The average molecular weight is 408 g/mol. The first kappa shape index (κ1) is 22.8. The summed E-state index contributed by atoms with van der Waals surface area (Å²) in [5.74, 6) is 1.04. The number of likely N-dealkylation sites (N-methyl/N-ethyl adjacent to an activating group) is 1. The number of nitrogens with one attached hydrogen (secondary N) is 1. The maximum atomic E-state index is 12.3. The summed E-state index contributed by atoms with van der Waals surface area (Å²) >= 11 is 0. The molecule has 2 rings (SSSR count). The number of urea groups is 1. The second-order valence-electron chi connectivity index (χ2n) is 7.13. The zero-order valence-corrected chi connectivity index (χ0v) is 17.9. The van der Waals surface area contributed by atoms with E-state index in [2.05, 4.69) is 17.3 Å². The van der Waals surface area contributed by atoms with E-state index >= 15 is 0 Å². The highest BCUT2D eigenvalue weighted by atomic mass is 16.5. The van der Waals surface area contributed by atoms with Gasteiger partial charge in [0.1, 0.15) is 6.54 Å². The van der Waals surface area contributed by atoms with Gasteiger partial charge in [0.25, 0.3) is 0 Å². The van der Waals surface area contributed by atoms with Crippen LogP contribution >= 0.6 is 0 Å². The van der Waals surface area contributed by atoms with Gasteiger partial charge in [-0.15, -0.1) is 0 Å². The number of esters is 1. The summed E-state index contributed by atoms with van der Waals surface area (Å²) in [6.45, 7) is 4.19. The number of carbonyl (C=O) groups excluding carboxylic acids is 2. The first-order valence-corrected chi connectivity index (χ1v) is 10.1. The highest BCUT2D eigenvalue weighted by Crippen LogP contribution is 2.27. The van der Waals surface area contributed by atoms with Crippen molar-refractivity contribution in [3.05, 3.63) is 23.8 Å². The molecule has 1 unspecified atom stereocenters. The Hall–Kier alpha value is -2.48. The van der Waals surface area contributed by atoms with Crippen molar-refractivity contribution < 1.29 is 23.8 Å². The number of methoxy groups -OCH3 is 2. The van der Waals surface area contributed by atoms with E-state index in [0.717, 1.165) is 37.3 Å². The normalized spacial score (nSPS) is 16.4. The Bertz CT molecular complexity index is 682. The Kier molecular flexibility index (Phi) is 9.05. The van der Waals surface area contributed by atoms with Crippen LogP contribution in [0, 0.1) is 0 Å². The van der Waals surface area contributed by atoms with E-state index < -0.39 is 5.97 Å². The molecule has 1 aromatic rings. The van der Waals surface area contributed by atoms with Crippen LogP contribution in [0.1, 0.15) is 25.3 Å². The molecule has 2 amide bonds. The molecule has 0 aromatic heterocycles. The summed E-state index contributed by atoms with van der Waals surface area (Å²) in [4.78, 5) is 27.8. The fourth-order valence-corrected chi connectivity index (χ4v) is 3.49. The molecule has 0 bridgehead atoms.